The number of hydrogen-bond donors (Lipinski definition) is 1. The van der Waals surface area contributed by atoms with Crippen LogP contribution in [0, 0.1) is 17.2 Å². The SMILES string of the molecule is CC(C)CC(C#N)NCc1ccccc1. The first-order chi connectivity index (χ1) is 7.22. The van der Waals surface area contributed by atoms with Crippen molar-refractivity contribution in [1.82, 2.24) is 5.32 Å². The summed E-state index contributed by atoms with van der Waals surface area (Å²) in [5, 5.41) is 12.2. The van der Waals surface area contributed by atoms with Gasteiger partial charge in [0.05, 0.1) is 12.1 Å². The van der Waals surface area contributed by atoms with E-state index in [9.17, 15) is 0 Å². The van der Waals surface area contributed by atoms with E-state index in [4.69, 9.17) is 5.26 Å². The molecule has 0 heterocycles. The van der Waals surface area contributed by atoms with Crippen molar-refractivity contribution in [3.63, 3.8) is 0 Å². The maximum absolute atomic E-state index is 8.94. The van der Waals surface area contributed by atoms with E-state index in [0.717, 1.165) is 13.0 Å². The van der Waals surface area contributed by atoms with Crippen molar-refractivity contribution in [2.45, 2.75) is 32.9 Å². The Morgan fingerprint density at radius 1 is 1.27 bits per heavy atom. The number of hydrogen-bond acceptors (Lipinski definition) is 2. The van der Waals surface area contributed by atoms with E-state index in [0.29, 0.717) is 5.92 Å². The minimum Gasteiger partial charge on any atom is -0.298 e. The summed E-state index contributed by atoms with van der Waals surface area (Å²) in [6.45, 7) is 5.04. The molecule has 0 aromatic heterocycles. The number of nitriles is 1. The summed E-state index contributed by atoms with van der Waals surface area (Å²) in [6.07, 6.45) is 0.906. The third kappa shape index (κ3) is 4.62. The predicted octanol–water partition coefficient (Wildman–Crippen LogP) is 2.71. The van der Waals surface area contributed by atoms with E-state index in [1.807, 2.05) is 18.2 Å². The maximum Gasteiger partial charge on any atom is 0.0958 e. The Bertz CT molecular complexity index is 311. The van der Waals surface area contributed by atoms with E-state index in [1.54, 1.807) is 0 Å². The summed E-state index contributed by atoms with van der Waals surface area (Å²) >= 11 is 0. The van der Waals surface area contributed by atoms with Crippen LogP contribution in [-0.2, 0) is 6.54 Å². The molecule has 0 bridgehead atoms. The van der Waals surface area contributed by atoms with Crippen molar-refractivity contribution in [2.24, 2.45) is 5.92 Å². The Balaban J connectivity index is 2.39. The van der Waals surface area contributed by atoms with Gasteiger partial charge in [-0.05, 0) is 17.9 Å². The number of benzene rings is 1. The molecule has 0 spiro atoms. The average molecular weight is 202 g/mol. The van der Waals surface area contributed by atoms with Crippen LogP contribution in [0.2, 0.25) is 0 Å². The lowest BCUT2D eigenvalue weighted by Gasteiger charge is -2.13. The predicted molar refractivity (Wildman–Crippen MR) is 62.1 cm³/mol. The molecule has 80 valence electrons. The minimum atomic E-state index is -0.0368. The first-order valence-electron chi connectivity index (χ1n) is 5.39. The van der Waals surface area contributed by atoms with Gasteiger partial charge in [0, 0.05) is 6.54 Å². The first kappa shape index (κ1) is 11.7. The molecule has 1 unspecified atom stereocenters. The van der Waals surface area contributed by atoms with E-state index < -0.39 is 0 Å². The topological polar surface area (TPSA) is 35.8 Å². The van der Waals surface area contributed by atoms with E-state index in [-0.39, 0.29) is 6.04 Å². The molecule has 2 heteroatoms. The lowest BCUT2D eigenvalue weighted by atomic mass is 10.0. The van der Waals surface area contributed by atoms with E-state index in [2.05, 4.69) is 37.4 Å². The fourth-order valence-electron chi connectivity index (χ4n) is 1.49. The fraction of sp³-hybridized carbons (Fsp3) is 0.462. The third-order valence-electron chi connectivity index (χ3n) is 2.26. The second kappa shape index (κ2) is 6.21. The van der Waals surface area contributed by atoms with Gasteiger partial charge in [0.2, 0.25) is 0 Å². The van der Waals surface area contributed by atoms with Gasteiger partial charge in [-0.2, -0.15) is 5.26 Å². The van der Waals surface area contributed by atoms with Gasteiger partial charge in [0.1, 0.15) is 0 Å². The molecule has 0 aliphatic rings. The van der Waals surface area contributed by atoms with Crippen LogP contribution < -0.4 is 5.32 Å². The number of rotatable bonds is 5. The van der Waals surface area contributed by atoms with Crippen LogP contribution in [0.4, 0.5) is 0 Å². The molecule has 0 aliphatic heterocycles. The van der Waals surface area contributed by atoms with Crippen molar-refractivity contribution >= 4 is 0 Å². The van der Waals surface area contributed by atoms with Gasteiger partial charge in [-0.3, -0.25) is 5.32 Å². The zero-order valence-corrected chi connectivity index (χ0v) is 9.40. The van der Waals surface area contributed by atoms with Gasteiger partial charge in [-0.15, -0.1) is 0 Å². The Labute approximate surface area is 91.9 Å². The molecule has 0 amide bonds. The zero-order chi connectivity index (χ0) is 11.1. The van der Waals surface area contributed by atoms with Crippen molar-refractivity contribution in [2.75, 3.05) is 0 Å². The van der Waals surface area contributed by atoms with E-state index >= 15 is 0 Å². The highest BCUT2D eigenvalue weighted by molar-refractivity contribution is 5.14. The molecule has 1 aromatic rings. The standard InChI is InChI=1S/C13H18N2/c1-11(2)8-13(9-14)15-10-12-6-4-3-5-7-12/h3-7,11,13,15H,8,10H2,1-2H3. The molecule has 0 saturated heterocycles. The van der Waals surface area contributed by atoms with Crippen molar-refractivity contribution in [3.8, 4) is 6.07 Å². The summed E-state index contributed by atoms with van der Waals surface area (Å²) in [5.41, 5.74) is 1.22. The van der Waals surface area contributed by atoms with Crippen LogP contribution in [0.25, 0.3) is 0 Å². The molecular formula is C13H18N2. The van der Waals surface area contributed by atoms with E-state index in [1.165, 1.54) is 5.56 Å². The highest BCUT2D eigenvalue weighted by Gasteiger charge is 2.08. The van der Waals surface area contributed by atoms with Crippen molar-refractivity contribution in [3.05, 3.63) is 35.9 Å². The Hall–Kier alpha value is -1.33. The summed E-state index contributed by atoms with van der Waals surface area (Å²) in [7, 11) is 0. The molecular weight excluding hydrogens is 184 g/mol. The van der Waals surface area contributed by atoms with Crippen molar-refractivity contribution < 1.29 is 0 Å². The summed E-state index contributed by atoms with van der Waals surface area (Å²) in [4.78, 5) is 0. The van der Waals surface area contributed by atoms with Gasteiger partial charge in [0.25, 0.3) is 0 Å². The van der Waals surface area contributed by atoms with Gasteiger partial charge in [-0.1, -0.05) is 44.2 Å². The van der Waals surface area contributed by atoms with Crippen molar-refractivity contribution in [1.29, 1.82) is 5.26 Å². The third-order valence-corrected chi connectivity index (χ3v) is 2.26. The molecule has 2 nitrogen and oxygen atoms in total. The summed E-state index contributed by atoms with van der Waals surface area (Å²) < 4.78 is 0. The molecule has 15 heavy (non-hydrogen) atoms. The zero-order valence-electron chi connectivity index (χ0n) is 9.40. The lowest BCUT2D eigenvalue weighted by Crippen LogP contribution is -2.28. The molecule has 0 fully saturated rings. The molecule has 1 aromatic carbocycles. The van der Waals surface area contributed by atoms with Crippen LogP contribution in [0.3, 0.4) is 0 Å². The first-order valence-corrected chi connectivity index (χ1v) is 5.39. The molecule has 0 aliphatic carbocycles. The Morgan fingerprint density at radius 2 is 1.93 bits per heavy atom. The van der Waals surface area contributed by atoms with Gasteiger partial charge < -0.3 is 0 Å². The molecule has 0 radical (unpaired) electrons. The van der Waals surface area contributed by atoms with Crippen LogP contribution >= 0.6 is 0 Å². The highest BCUT2D eigenvalue weighted by Crippen LogP contribution is 2.05. The largest absolute Gasteiger partial charge is 0.298 e. The molecule has 0 saturated carbocycles. The lowest BCUT2D eigenvalue weighted by molar-refractivity contribution is 0.478. The van der Waals surface area contributed by atoms with Crippen LogP contribution in [0.15, 0.2) is 30.3 Å². The quantitative estimate of drug-likeness (QED) is 0.797. The van der Waals surface area contributed by atoms with Crippen LogP contribution in [-0.4, -0.2) is 6.04 Å². The summed E-state index contributed by atoms with van der Waals surface area (Å²) in [6, 6.07) is 12.4. The molecule has 1 N–H and O–H groups in total. The van der Waals surface area contributed by atoms with Gasteiger partial charge >= 0.3 is 0 Å². The monoisotopic (exact) mass is 202 g/mol. The van der Waals surface area contributed by atoms with Crippen LogP contribution in [0.5, 0.6) is 0 Å². The number of nitrogens with one attached hydrogen (secondary N) is 1. The highest BCUT2D eigenvalue weighted by atomic mass is 14.9. The summed E-state index contributed by atoms with van der Waals surface area (Å²) in [5.74, 6) is 0.554. The van der Waals surface area contributed by atoms with Crippen LogP contribution in [0.1, 0.15) is 25.8 Å². The second-order valence-electron chi connectivity index (χ2n) is 4.18. The molecule has 1 atom stereocenters. The Morgan fingerprint density at radius 3 is 2.47 bits per heavy atom. The average Bonchev–Trinajstić information content (AvgIpc) is 2.25. The smallest absolute Gasteiger partial charge is 0.0958 e. The molecule has 1 rings (SSSR count). The maximum atomic E-state index is 8.94. The van der Waals surface area contributed by atoms with Gasteiger partial charge in [-0.25, -0.2) is 0 Å². The minimum absolute atomic E-state index is 0.0368. The Kier molecular flexibility index (Phi) is 4.86. The number of nitrogens with zero attached hydrogens (tertiary/aromatic N) is 1. The van der Waals surface area contributed by atoms with Gasteiger partial charge in [0.15, 0.2) is 0 Å². The normalized spacial score (nSPS) is 12.4. The second-order valence-corrected chi connectivity index (χ2v) is 4.18. The fourth-order valence-corrected chi connectivity index (χ4v) is 1.49.